The van der Waals surface area contributed by atoms with Gasteiger partial charge in [-0.05, 0) is 51.9 Å². The van der Waals surface area contributed by atoms with Gasteiger partial charge >= 0.3 is 0 Å². The smallest absolute Gasteiger partial charge is 0.227 e. The van der Waals surface area contributed by atoms with Crippen LogP contribution < -0.4 is 9.80 Å². The molecule has 1 aromatic rings. The second-order valence-electron chi connectivity index (χ2n) is 6.47. The lowest BCUT2D eigenvalue weighted by molar-refractivity contribution is 0.442. The molecule has 2 fully saturated rings. The van der Waals surface area contributed by atoms with Crippen molar-refractivity contribution >= 4 is 11.8 Å². The Morgan fingerprint density at radius 1 is 1.05 bits per heavy atom. The van der Waals surface area contributed by atoms with Gasteiger partial charge in [0.2, 0.25) is 5.95 Å². The minimum Gasteiger partial charge on any atom is -0.356 e. The van der Waals surface area contributed by atoms with Crippen LogP contribution in [0.2, 0.25) is 0 Å². The molecule has 0 N–H and O–H groups in total. The summed E-state index contributed by atoms with van der Waals surface area (Å²) >= 11 is 0. The van der Waals surface area contributed by atoms with E-state index in [1.165, 1.54) is 44.9 Å². The Hall–Kier alpha value is -1.32. The number of nitrogens with zero attached hydrogens (tertiary/aromatic N) is 4. The van der Waals surface area contributed by atoms with Gasteiger partial charge in [0.05, 0.1) is 0 Å². The highest BCUT2D eigenvalue weighted by Gasteiger charge is 2.24. The molecule has 4 heteroatoms. The number of hydrogen-bond donors (Lipinski definition) is 0. The van der Waals surface area contributed by atoms with Gasteiger partial charge in [-0.15, -0.1) is 0 Å². The molecule has 0 spiro atoms. The van der Waals surface area contributed by atoms with Crippen LogP contribution in [0.3, 0.4) is 0 Å². The van der Waals surface area contributed by atoms with Crippen molar-refractivity contribution in [1.82, 2.24) is 9.97 Å². The van der Waals surface area contributed by atoms with Gasteiger partial charge in [-0.3, -0.25) is 0 Å². The van der Waals surface area contributed by atoms with Crippen molar-refractivity contribution in [3.05, 3.63) is 11.8 Å². The zero-order valence-electron chi connectivity index (χ0n) is 13.5. The Labute approximate surface area is 128 Å². The SMILES string of the molecule is CCC1CCCCN1c1nc(C)cc(N2CCCCC2)n1. The molecule has 0 amide bonds. The molecular formula is C17H28N4. The van der Waals surface area contributed by atoms with Gasteiger partial charge in [0, 0.05) is 37.4 Å². The molecule has 0 saturated carbocycles. The molecule has 1 atom stereocenters. The summed E-state index contributed by atoms with van der Waals surface area (Å²) < 4.78 is 0. The number of hydrogen-bond acceptors (Lipinski definition) is 4. The summed E-state index contributed by atoms with van der Waals surface area (Å²) in [7, 11) is 0. The molecule has 2 saturated heterocycles. The zero-order valence-corrected chi connectivity index (χ0v) is 13.5. The first-order valence-electron chi connectivity index (χ1n) is 8.65. The fraction of sp³-hybridized carbons (Fsp3) is 0.765. The quantitative estimate of drug-likeness (QED) is 0.851. The van der Waals surface area contributed by atoms with Crippen LogP contribution >= 0.6 is 0 Å². The topological polar surface area (TPSA) is 32.3 Å². The van der Waals surface area contributed by atoms with E-state index in [9.17, 15) is 0 Å². The molecular weight excluding hydrogens is 260 g/mol. The molecule has 0 bridgehead atoms. The number of piperidine rings is 2. The average Bonchev–Trinajstić information content (AvgIpc) is 2.55. The van der Waals surface area contributed by atoms with Gasteiger partial charge in [0.15, 0.2) is 0 Å². The number of anilines is 2. The van der Waals surface area contributed by atoms with Gasteiger partial charge in [0.1, 0.15) is 5.82 Å². The van der Waals surface area contributed by atoms with Crippen molar-refractivity contribution in [3.8, 4) is 0 Å². The fourth-order valence-electron chi connectivity index (χ4n) is 3.64. The molecule has 0 aliphatic carbocycles. The third kappa shape index (κ3) is 3.30. The molecule has 1 aromatic heterocycles. The van der Waals surface area contributed by atoms with E-state index in [1.807, 2.05) is 0 Å². The van der Waals surface area contributed by atoms with Crippen LogP contribution in [-0.2, 0) is 0 Å². The maximum Gasteiger partial charge on any atom is 0.227 e. The van der Waals surface area contributed by atoms with E-state index < -0.39 is 0 Å². The molecule has 3 rings (SSSR count). The summed E-state index contributed by atoms with van der Waals surface area (Å²) in [5, 5.41) is 0. The zero-order chi connectivity index (χ0) is 14.7. The summed E-state index contributed by atoms with van der Waals surface area (Å²) in [5.74, 6) is 2.10. The minimum absolute atomic E-state index is 0.620. The van der Waals surface area contributed by atoms with Crippen LogP contribution in [0.15, 0.2) is 6.07 Å². The normalized spacial score (nSPS) is 23.4. The van der Waals surface area contributed by atoms with Crippen LogP contribution in [0.25, 0.3) is 0 Å². The predicted octanol–water partition coefficient (Wildman–Crippen LogP) is 3.54. The Bertz CT molecular complexity index is 468. The maximum absolute atomic E-state index is 4.92. The standard InChI is InChI=1S/C17H28N4/c1-3-15-9-5-8-12-21(15)17-18-14(2)13-16(19-17)20-10-6-4-7-11-20/h13,15H,3-12H2,1-2H3. The van der Waals surface area contributed by atoms with Crippen LogP contribution in [-0.4, -0.2) is 35.6 Å². The average molecular weight is 288 g/mol. The highest BCUT2D eigenvalue weighted by atomic mass is 15.3. The third-order valence-corrected chi connectivity index (χ3v) is 4.86. The molecule has 3 heterocycles. The lowest BCUT2D eigenvalue weighted by Gasteiger charge is -2.36. The van der Waals surface area contributed by atoms with Gasteiger partial charge in [-0.2, -0.15) is 4.98 Å². The molecule has 4 nitrogen and oxygen atoms in total. The Balaban J connectivity index is 1.85. The summed E-state index contributed by atoms with van der Waals surface area (Å²) in [6.07, 6.45) is 9.03. The van der Waals surface area contributed by atoms with Crippen LogP contribution in [0.4, 0.5) is 11.8 Å². The highest BCUT2D eigenvalue weighted by Crippen LogP contribution is 2.26. The summed E-state index contributed by atoms with van der Waals surface area (Å²) in [6, 6.07) is 2.77. The van der Waals surface area contributed by atoms with E-state index in [1.54, 1.807) is 0 Å². The second kappa shape index (κ2) is 6.63. The molecule has 2 aliphatic heterocycles. The predicted molar refractivity (Wildman–Crippen MR) is 88.1 cm³/mol. The third-order valence-electron chi connectivity index (χ3n) is 4.86. The minimum atomic E-state index is 0.620. The van der Waals surface area contributed by atoms with Gasteiger partial charge in [-0.1, -0.05) is 6.92 Å². The van der Waals surface area contributed by atoms with Crippen molar-refractivity contribution in [2.75, 3.05) is 29.4 Å². The number of aromatic nitrogens is 2. The first kappa shape index (κ1) is 14.6. The van der Waals surface area contributed by atoms with Crippen LogP contribution in [0.1, 0.15) is 57.6 Å². The van der Waals surface area contributed by atoms with Crippen molar-refractivity contribution in [2.24, 2.45) is 0 Å². The van der Waals surface area contributed by atoms with Crippen molar-refractivity contribution in [3.63, 3.8) is 0 Å². The first-order chi connectivity index (χ1) is 10.3. The lowest BCUT2D eigenvalue weighted by Crippen LogP contribution is -2.40. The van der Waals surface area contributed by atoms with E-state index in [0.717, 1.165) is 37.1 Å². The second-order valence-corrected chi connectivity index (χ2v) is 6.47. The summed E-state index contributed by atoms with van der Waals surface area (Å²) in [5.41, 5.74) is 1.10. The van der Waals surface area contributed by atoms with Crippen molar-refractivity contribution in [1.29, 1.82) is 0 Å². The van der Waals surface area contributed by atoms with E-state index >= 15 is 0 Å². The molecule has 2 aliphatic rings. The van der Waals surface area contributed by atoms with E-state index in [0.29, 0.717) is 6.04 Å². The first-order valence-corrected chi connectivity index (χ1v) is 8.65. The molecule has 0 radical (unpaired) electrons. The maximum atomic E-state index is 4.92. The summed E-state index contributed by atoms with van der Waals surface area (Å²) in [6.45, 7) is 7.79. The van der Waals surface area contributed by atoms with Gasteiger partial charge < -0.3 is 9.80 Å². The Kier molecular flexibility index (Phi) is 4.61. The molecule has 21 heavy (non-hydrogen) atoms. The molecule has 0 aromatic carbocycles. The summed E-state index contributed by atoms with van der Waals surface area (Å²) in [4.78, 5) is 14.5. The Morgan fingerprint density at radius 2 is 1.81 bits per heavy atom. The monoisotopic (exact) mass is 288 g/mol. The molecule has 116 valence electrons. The van der Waals surface area contributed by atoms with Gasteiger partial charge in [0.25, 0.3) is 0 Å². The van der Waals surface area contributed by atoms with E-state index in [2.05, 4.69) is 29.7 Å². The van der Waals surface area contributed by atoms with Gasteiger partial charge in [-0.25, -0.2) is 4.98 Å². The fourth-order valence-corrected chi connectivity index (χ4v) is 3.64. The van der Waals surface area contributed by atoms with E-state index in [4.69, 9.17) is 9.97 Å². The molecule has 1 unspecified atom stereocenters. The lowest BCUT2D eigenvalue weighted by atomic mass is 10.0. The van der Waals surface area contributed by atoms with Crippen LogP contribution in [0.5, 0.6) is 0 Å². The number of aryl methyl sites for hydroxylation is 1. The number of rotatable bonds is 3. The van der Waals surface area contributed by atoms with E-state index in [-0.39, 0.29) is 0 Å². The largest absolute Gasteiger partial charge is 0.356 e. The Morgan fingerprint density at radius 3 is 2.57 bits per heavy atom. The van der Waals surface area contributed by atoms with Crippen LogP contribution in [0, 0.1) is 6.92 Å². The highest BCUT2D eigenvalue weighted by molar-refractivity contribution is 5.46. The van der Waals surface area contributed by atoms with Crippen molar-refractivity contribution in [2.45, 2.75) is 64.8 Å². The van der Waals surface area contributed by atoms with Crippen molar-refractivity contribution < 1.29 is 0 Å².